The van der Waals surface area contributed by atoms with E-state index in [0.717, 1.165) is 6.61 Å². The van der Waals surface area contributed by atoms with E-state index in [0.29, 0.717) is 23.1 Å². The van der Waals surface area contributed by atoms with Gasteiger partial charge in [-0.15, -0.1) is 0 Å². The first kappa shape index (κ1) is 13.0. The number of ether oxygens (including phenoxy) is 2. The highest BCUT2D eigenvalue weighted by Crippen LogP contribution is 2.28. The zero-order valence-electron chi connectivity index (χ0n) is 10.3. The second-order valence-electron chi connectivity index (χ2n) is 4.24. The lowest BCUT2D eigenvalue weighted by Crippen LogP contribution is -2.27. The summed E-state index contributed by atoms with van der Waals surface area (Å²) in [6, 6.07) is 4.93. The zero-order chi connectivity index (χ0) is 13.1. The van der Waals surface area contributed by atoms with Gasteiger partial charge in [-0.2, -0.15) is 0 Å². The predicted octanol–water partition coefficient (Wildman–Crippen LogP) is 2.21. The molecule has 1 aliphatic rings. The highest BCUT2D eigenvalue weighted by atomic mass is 35.5. The maximum absolute atomic E-state index is 11.5. The molecule has 0 spiro atoms. The lowest BCUT2D eigenvalue weighted by atomic mass is 10.3. The van der Waals surface area contributed by atoms with Crippen molar-refractivity contribution in [2.24, 2.45) is 0 Å². The van der Waals surface area contributed by atoms with Gasteiger partial charge in [-0.05, 0) is 18.2 Å². The van der Waals surface area contributed by atoms with Crippen molar-refractivity contribution in [1.29, 1.82) is 0 Å². The molecule has 0 aliphatic carbocycles. The molecular formula is C12H15ClN2O3. The van der Waals surface area contributed by atoms with Gasteiger partial charge in [-0.1, -0.05) is 11.6 Å². The minimum atomic E-state index is -0.203. The fraction of sp³-hybridized carbons (Fsp3) is 0.417. The number of rotatable bonds is 4. The molecule has 1 fully saturated rings. The normalized spacial score (nSPS) is 17.2. The van der Waals surface area contributed by atoms with Crippen molar-refractivity contribution in [1.82, 2.24) is 4.90 Å². The van der Waals surface area contributed by atoms with Crippen LogP contribution in [-0.4, -0.2) is 44.3 Å². The minimum Gasteiger partial charge on any atom is -0.489 e. The number of benzene rings is 1. The maximum atomic E-state index is 11.5. The maximum Gasteiger partial charge on any atom is 0.321 e. The molecule has 1 saturated heterocycles. The summed E-state index contributed by atoms with van der Waals surface area (Å²) in [5.41, 5.74) is 0.633. The SMILES string of the molecule is CN(C)C(=O)Nc1ccc(OCC2CO2)c(Cl)c1. The van der Waals surface area contributed by atoms with Crippen LogP contribution in [0.25, 0.3) is 0 Å². The number of nitrogens with one attached hydrogen (secondary N) is 1. The number of nitrogens with zero attached hydrogens (tertiary/aromatic N) is 1. The van der Waals surface area contributed by atoms with Gasteiger partial charge in [0.15, 0.2) is 0 Å². The number of halogens is 1. The molecule has 5 nitrogen and oxygen atoms in total. The molecule has 98 valence electrons. The summed E-state index contributed by atoms with van der Waals surface area (Å²) >= 11 is 6.07. The van der Waals surface area contributed by atoms with Crippen molar-refractivity contribution >= 4 is 23.3 Å². The van der Waals surface area contributed by atoms with Crippen molar-refractivity contribution in [3.63, 3.8) is 0 Å². The lowest BCUT2D eigenvalue weighted by molar-refractivity contribution is 0.230. The monoisotopic (exact) mass is 270 g/mol. The molecule has 18 heavy (non-hydrogen) atoms. The first-order valence-corrected chi connectivity index (χ1v) is 5.96. The van der Waals surface area contributed by atoms with Gasteiger partial charge in [0.05, 0.1) is 11.6 Å². The van der Waals surface area contributed by atoms with E-state index in [1.165, 1.54) is 4.90 Å². The van der Waals surface area contributed by atoms with Crippen LogP contribution in [0.2, 0.25) is 5.02 Å². The van der Waals surface area contributed by atoms with Crippen LogP contribution in [-0.2, 0) is 4.74 Å². The van der Waals surface area contributed by atoms with Crippen molar-refractivity contribution in [3.05, 3.63) is 23.2 Å². The van der Waals surface area contributed by atoms with E-state index in [9.17, 15) is 4.79 Å². The molecule has 6 heteroatoms. The molecule has 0 radical (unpaired) electrons. The second kappa shape index (κ2) is 5.46. The Hall–Kier alpha value is -1.46. The van der Waals surface area contributed by atoms with Crippen LogP contribution < -0.4 is 10.1 Å². The fourth-order valence-electron chi connectivity index (χ4n) is 1.28. The molecule has 0 saturated carbocycles. The number of carbonyl (C=O) groups is 1. The highest BCUT2D eigenvalue weighted by Gasteiger charge is 2.23. The lowest BCUT2D eigenvalue weighted by Gasteiger charge is -2.13. The van der Waals surface area contributed by atoms with Crippen LogP contribution in [0.15, 0.2) is 18.2 Å². The van der Waals surface area contributed by atoms with E-state index in [2.05, 4.69) is 5.32 Å². The largest absolute Gasteiger partial charge is 0.489 e. The molecule has 1 heterocycles. The zero-order valence-corrected chi connectivity index (χ0v) is 11.0. The number of hydrogen-bond donors (Lipinski definition) is 1. The average Bonchev–Trinajstić information content (AvgIpc) is 3.11. The number of anilines is 1. The minimum absolute atomic E-state index is 0.189. The Morgan fingerprint density at radius 3 is 2.89 bits per heavy atom. The summed E-state index contributed by atoms with van der Waals surface area (Å²) in [7, 11) is 3.34. The van der Waals surface area contributed by atoms with Crippen LogP contribution in [0.4, 0.5) is 10.5 Å². The van der Waals surface area contributed by atoms with E-state index < -0.39 is 0 Å². The van der Waals surface area contributed by atoms with Gasteiger partial charge in [-0.25, -0.2) is 4.79 Å². The predicted molar refractivity (Wildman–Crippen MR) is 69.4 cm³/mol. The molecule has 1 N–H and O–H groups in total. The van der Waals surface area contributed by atoms with Crippen molar-refractivity contribution < 1.29 is 14.3 Å². The van der Waals surface area contributed by atoms with Crippen LogP contribution in [0.1, 0.15) is 0 Å². The summed E-state index contributed by atoms with van der Waals surface area (Å²) in [6.07, 6.45) is 0.189. The molecular weight excluding hydrogens is 256 g/mol. The quantitative estimate of drug-likeness (QED) is 0.854. The van der Waals surface area contributed by atoms with Gasteiger partial charge in [0, 0.05) is 19.8 Å². The summed E-state index contributed by atoms with van der Waals surface area (Å²) < 4.78 is 10.5. The van der Waals surface area contributed by atoms with Gasteiger partial charge < -0.3 is 19.7 Å². The molecule has 2 amide bonds. The Morgan fingerprint density at radius 1 is 1.61 bits per heavy atom. The Kier molecular flexibility index (Phi) is 3.93. The molecule has 1 unspecified atom stereocenters. The van der Waals surface area contributed by atoms with Crippen LogP contribution >= 0.6 is 11.6 Å². The number of epoxide rings is 1. The summed E-state index contributed by atoms with van der Waals surface area (Å²) in [5.74, 6) is 0.593. The van der Waals surface area contributed by atoms with Gasteiger partial charge in [0.25, 0.3) is 0 Å². The number of urea groups is 1. The van der Waals surface area contributed by atoms with E-state index >= 15 is 0 Å². The molecule has 1 aliphatic heterocycles. The topological polar surface area (TPSA) is 54.1 Å². The van der Waals surface area contributed by atoms with E-state index in [1.54, 1.807) is 32.3 Å². The molecule has 0 bridgehead atoms. The standard InChI is InChI=1S/C12H15ClN2O3/c1-15(2)12(16)14-8-3-4-11(10(13)5-8)18-7-9-6-17-9/h3-5,9H,6-7H2,1-2H3,(H,14,16). The second-order valence-corrected chi connectivity index (χ2v) is 4.64. The first-order valence-electron chi connectivity index (χ1n) is 5.58. The molecule has 2 rings (SSSR count). The third-order valence-electron chi connectivity index (χ3n) is 2.42. The van der Waals surface area contributed by atoms with Crippen molar-refractivity contribution in [2.45, 2.75) is 6.10 Å². The summed E-state index contributed by atoms with van der Waals surface area (Å²) in [6.45, 7) is 1.25. The Morgan fingerprint density at radius 2 is 2.33 bits per heavy atom. The Bertz CT molecular complexity index is 447. The number of carbonyl (C=O) groups excluding carboxylic acids is 1. The number of amides is 2. The molecule has 1 aromatic rings. The smallest absolute Gasteiger partial charge is 0.321 e. The Balaban J connectivity index is 1.97. The third kappa shape index (κ3) is 3.51. The first-order chi connectivity index (χ1) is 8.56. The number of hydrogen-bond acceptors (Lipinski definition) is 3. The van der Waals surface area contributed by atoms with Crippen molar-refractivity contribution in [2.75, 3.05) is 32.6 Å². The Labute approximate surface area is 111 Å². The van der Waals surface area contributed by atoms with Crippen molar-refractivity contribution in [3.8, 4) is 5.75 Å². The molecule has 1 atom stereocenters. The van der Waals surface area contributed by atoms with Crippen LogP contribution in [0.3, 0.4) is 0 Å². The van der Waals surface area contributed by atoms with Gasteiger partial charge in [-0.3, -0.25) is 0 Å². The van der Waals surface area contributed by atoms with Crippen LogP contribution in [0.5, 0.6) is 5.75 Å². The van der Waals surface area contributed by atoms with Gasteiger partial charge in [0.1, 0.15) is 18.5 Å². The highest BCUT2D eigenvalue weighted by molar-refractivity contribution is 6.32. The summed E-state index contributed by atoms with van der Waals surface area (Å²) in [4.78, 5) is 12.9. The fourth-order valence-corrected chi connectivity index (χ4v) is 1.51. The van der Waals surface area contributed by atoms with Crippen LogP contribution in [0, 0.1) is 0 Å². The van der Waals surface area contributed by atoms with E-state index in [-0.39, 0.29) is 12.1 Å². The summed E-state index contributed by atoms with van der Waals surface area (Å²) in [5, 5.41) is 3.17. The van der Waals surface area contributed by atoms with Gasteiger partial charge in [0.2, 0.25) is 0 Å². The molecule has 0 aromatic heterocycles. The van der Waals surface area contributed by atoms with E-state index in [4.69, 9.17) is 21.1 Å². The van der Waals surface area contributed by atoms with Gasteiger partial charge >= 0.3 is 6.03 Å². The molecule has 1 aromatic carbocycles. The average molecular weight is 271 g/mol. The van der Waals surface area contributed by atoms with E-state index in [1.807, 2.05) is 0 Å². The third-order valence-corrected chi connectivity index (χ3v) is 2.71.